The smallest absolute Gasteiger partial charge is 0.282 e. The van der Waals surface area contributed by atoms with Crippen LogP contribution in [0.25, 0.3) is 0 Å². The summed E-state index contributed by atoms with van der Waals surface area (Å²) in [7, 11) is 1.36. The Hall–Kier alpha value is -3.13. The van der Waals surface area contributed by atoms with Crippen molar-refractivity contribution in [2.45, 2.75) is 0 Å². The average molecular weight is 350 g/mol. The zero-order valence-corrected chi connectivity index (χ0v) is 13.1. The van der Waals surface area contributed by atoms with Crippen molar-refractivity contribution in [1.82, 2.24) is 5.43 Å². The monoisotopic (exact) mass is 349 g/mol. The van der Waals surface area contributed by atoms with Gasteiger partial charge in [0.2, 0.25) is 0 Å². The normalized spacial score (nSPS) is 10.6. The molecule has 1 amide bonds. The van der Waals surface area contributed by atoms with Gasteiger partial charge in [-0.3, -0.25) is 14.9 Å². The van der Waals surface area contributed by atoms with Gasteiger partial charge >= 0.3 is 0 Å². The highest BCUT2D eigenvalue weighted by Gasteiger charge is 2.18. The summed E-state index contributed by atoms with van der Waals surface area (Å²) < 4.78 is 4.95. The van der Waals surface area contributed by atoms with Gasteiger partial charge in [-0.05, 0) is 23.8 Å². The minimum absolute atomic E-state index is 0.0563. The van der Waals surface area contributed by atoms with Crippen molar-refractivity contribution >= 4 is 29.4 Å². The van der Waals surface area contributed by atoms with Crippen LogP contribution in [-0.2, 0) is 0 Å². The lowest BCUT2D eigenvalue weighted by atomic mass is 10.2. The van der Waals surface area contributed by atoms with Crippen LogP contribution in [0.3, 0.4) is 0 Å². The Morgan fingerprint density at radius 3 is 2.79 bits per heavy atom. The van der Waals surface area contributed by atoms with Gasteiger partial charge in [-0.1, -0.05) is 23.7 Å². The van der Waals surface area contributed by atoms with Crippen molar-refractivity contribution in [1.29, 1.82) is 0 Å². The van der Waals surface area contributed by atoms with E-state index in [1.807, 2.05) is 0 Å². The van der Waals surface area contributed by atoms with Crippen molar-refractivity contribution in [3.05, 3.63) is 62.7 Å². The Kier molecular flexibility index (Phi) is 5.33. The molecule has 9 heteroatoms. The van der Waals surface area contributed by atoms with E-state index in [0.29, 0.717) is 5.56 Å². The topological polar surface area (TPSA) is 114 Å². The van der Waals surface area contributed by atoms with Gasteiger partial charge in [0.15, 0.2) is 11.5 Å². The fraction of sp³-hybridized carbons (Fsp3) is 0.0667. The summed E-state index contributed by atoms with van der Waals surface area (Å²) in [6, 6.07) is 8.40. The first-order valence-electron chi connectivity index (χ1n) is 6.57. The van der Waals surface area contributed by atoms with E-state index < -0.39 is 10.8 Å². The van der Waals surface area contributed by atoms with E-state index >= 15 is 0 Å². The summed E-state index contributed by atoms with van der Waals surface area (Å²) in [5.41, 5.74) is 2.22. The molecule has 0 spiro atoms. The number of nitrogens with zero attached hydrogens (tertiary/aromatic N) is 2. The second-order valence-electron chi connectivity index (χ2n) is 4.53. The van der Waals surface area contributed by atoms with E-state index in [4.69, 9.17) is 16.3 Å². The Labute approximate surface area is 141 Å². The molecule has 0 radical (unpaired) electrons. The van der Waals surface area contributed by atoms with Crippen LogP contribution >= 0.6 is 11.6 Å². The van der Waals surface area contributed by atoms with Gasteiger partial charge in [0.25, 0.3) is 11.6 Å². The molecule has 0 aliphatic carbocycles. The number of carbonyl (C=O) groups excluding carboxylic acids is 1. The van der Waals surface area contributed by atoms with Crippen LogP contribution in [0.2, 0.25) is 5.02 Å². The van der Waals surface area contributed by atoms with Crippen molar-refractivity contribution < 1.29 is 19.6 Å². The van der Waals surface area contributed by atoms with Crippen molar-refractivity contribution in [2.24, 2.45) is 5.10 Å². The van der Waals surface area contributed by atoms with Gasteiger partial charge in [0.05, 0.1) is 23.3 Å². The van der Waals surface area contributed by atoms with Crippen LogP contribution < -0.4 is 10.2 Å². The number of amides is 1. The van der Waals surface area contributed by atoms with E-state index in [2.05, 4.69) is 10.5 Å². The Bertz CT molecular complexity index is 823. The van der Waals surface area contributed by atoms with Crippen LogP contribution in [0.4, 0.5) is 5.69 Å². The van der Waals surface area contributed by atoms with Crippen LogP contribution in [-0.4, -0.2) is 29.3 Å². The molecule has 2 N–H and O–H groups in total. The highest BCUT2D eigenvalue weighted by molar-refractivity contribution is 6.32. The number of methoxy groups -OCH3 is 1. The number of halogens is 1. The summed E-state index contributed by atoms with van der Waals surface area (Å²) in [6.45, 7) is 0. The summed E-state index contributed by atoms with van der Waals surface area (Å²) in [5, 5.41) is 24.3. The molecule has 0 aliphatic rings. The predicted octanol–water partition coefficient (Wildman–Crippen LogP) is 2.73. The predicted molar refractivity (Wildman–Crippen MR) is 87.8 cm³/mol. The van der Waals surface area contributed by atoms with Crippen molar-refractivity contribution in [2.75, 3.05) is 7.11 Å². The minimum atomic E-state index is -0.726. The lowest BCUT2D eigenvalue weighted by Gasteiger charge is -2.06. The zero-order chi connectivity index (χ0) is 17.7. The molecule has 24 heavy (non-hydrogen) atoms. The molecule has 2 aromatic rings. The molecule has 0 aliphatic heterocycles. The lowest BCUT2D eigenvalue weighted by molar-refractivity contribution is -0.385. The van der Waals surface area contributed by atoms with Crippen LogP contribution in [0.1, 0.15) is 15.9 Å². The largest absolute Gasteiger partial charge is 0.503 e. The Morgan fingerprint density at radius 1 is 1.42 bits per heavy atom. The number of hydrogen-bond acceptors (Lipinski definition) is 6. The minimum Gasteiger partial charge on any atom is -0.503 e. The first-order valence-corrected chi connectivity index (χ1v) is 6.95. The van der Waals surface area contributed by atoms with E-state index in [1.54, 1.807) is 0 Å². The molecule has 0 fully saturated rings. The number of carbonyl (C=O) groups is 1. The zero-order valence-electron chi connectivity index (χ0n) is 12.4. The second kappa shape index (κ2) is 7.42. The highest BCUT2D eigenvalue weighted by atomic mass is 35.5. The number of phenols is 1. The molecule has 8 nitrogen and oxygen atoms in total. The molecule has 0 aromatic heterocycles. The molecule has 124 valence electrons. The summed E-state index contributed by atoms with van der Waals surface area (Å²) in [6.07, 6.45) is 1.26. The summed E-state index contributed by atoms with van der Waals surface area (Å²) in [4.78, 5) is 22.2. The second-order valence-corrected chi connectivity index (χ2v) is 4.93. The fourth-order valence-electron chi connectivity index (χ4n) is 1.87. The maximum absolute atomic E-state index is 12.0. The number of ether oxygens (including phenoxy) is 1. The number of nitrogens with one attached hydrogen (secondary N) is 1. The van der Waals surface area contributed by atoms with Gasteiger partial charge < -0.3 is 9.84 Å². The molecule has 0 atom stereocenters. The van der Waals surface area contributed by atoms with Gasteiger partial charge in [0.1, 0.15) is 5.56 Å². The molecular weight excluding hydrogens is 338 g/mol. The first kappa shape index (κ1) is 17.2. The lowest BCUT2D eigenvalue weighted by Crippen LogP contribution is -2.18. The quantitative estimate of drug-likeness (QED) is 0.489. The van der Waals surface area contributed by atoms with E-state index in [-0.39, 0.29) is 27.8 Å². The molecule has 0 heterocycles. The van der Waals surface area contributed by atoms with Gasteiger partial charge in [-0.2, -0.15) is 5.10 Å². The van der Waals surface area contributed by atoms with E-state index in [1.165, 1.54) is 49.7 Å². The Balaban J connectivity index is 2.17. The SMILES string of the molecule is COc1cc(/C=N/NC(=O)c2ccccc2[N+](=O)[O-])cc(Cl)c1O. The molecule has 0 saturated heterocycles. The van der Waals surface area contributed by atoms with E-state index in [9.17, 15) is 20.0 Å². The first-order chi connectivity index (χ1) is 11.4. The number of hydrazone groups is 1. The van der Waals surface area contributed by atoms with Crippen molar-refractivity contribution in [3.8, 4) is 11.5 Å². The summed E-state index contributed by atoms with van der Waals surface area (Å²) in [5.74, 6) is -0.787. The van der Waals surface area contributed by atoms with Gasteiger partial charge in [-0.15, -0.1) is 0 Å². The number of benzene rings is 2. The molecule has 0 saturated carbocycles. The number of phenolic OH excluding ortho intramolecular Hbond substituents is 1. The standard InChI is InChI=1S/C15H12ClN3O5/c1-24-13-7-9(6-11(16)14(13)20)8-17-18-15(21)10-4-2-3-5-12(10)19(22)23/h2-8,20H,1H3,(H,18,21)/b17-8+. The molecule has 0 unspecified atom stereocenters. The van der Waals surface area contributed by atoms with Crippen LogP contribution in [0.15, 0.2) is 41.5 Å². The van der Waals surface area contributed by atoms with Crippen LogP contribution in [0, 0.1) is 10.1 Å². The fourth-order valence-corrected chi connectivity index (χ4v) is 2.09. The molecular formula is C15H12ClN3O5. The third-order valence-electron chi connectivity index (χ3n) is 3.00. The highest BCUT2D eigenvalue weighted by Crippen LogP contribution is 2.34. The number of rotatable bonds is 5. The summed E-state index contributed by atoms with van der Waals surface area (Å²) >= 11 is 5.84. The number of para-hydroxylation sites is 1. The number of nitro groups is 1. The van der Waals surface area contributed by atoms with E-state index in [0.717, 1.165) is 0 Å². The third kappa shape index (κ3) is 3.79. The molecule has 0 bridgehead atoms. The molecule has 2 aromatic carbocycles. The van der Waals surface area contributed by atoms with Crippen molar-refractivity contribution in [3.63, 3.8) is 0 Å². The number of aromatic hydroxyl groups is 1. The molecule has 2 rings (SSSR count). The van der Waals surface area contributed by atoms with Gasteiger partial charge in [0, 0.05) is 6.07 Å². The maximum Gasteiger partial charge on any atom is 0.282 e. The number of hydrogen-bond donors (Lipinski definition) is 2. The maximum atomic E-state index is 12.0. The average Bonchev–Trinajstić information content (AvgIpc) is 2.57. The van der Waals surface area contributed by atoms with Crippen LogP contribution in [0.5, 0.6) is 11.5 Å². The third-order valence-corrected chi connectivity index (χ3v) is 3.28. The van der Waals surface area contributed by atoms with Gasteiger partial charge in [-0.25, -0.2) is 5.43 Å². The number of nitro benzene ring substituents is 1. The Morgan fingerprint density at radius 2 is 2.12 bits per heavy atom.